The first-order valence-electron chi connectivity index (χ1n) is 9.65. The Morgan fingerprint density at radius 1 is 0.844 bits per heavy atom. The van der Waals surface area contributed by atoms with Crippen LogP contribution in [0.25, 0.3) is 33.1 Å². The zero-order valence-electron chi connectivity index (χ0n) is 16.4. The molecule has 0 bridgehead atoms. The van der Waals surface area contributed by atoms with Crippen LogP contribution in [0.15, 0.2) is 95.7 Å². The third-order valence-corrected chi connectivity index (χ3v) is 5.72. The second-order valence-corrected chi connectivity index (χ2v) is 8.54. The van der Waals surface area contributed by atoms with E-state index in [1.165, 1.54) is 6.07 Å². The molecule has 158 valence electrons. The average molecular weight is 510 g/mol. The average Bonchev–Trinajstić information content (AvgIpc) is 2.77. The highest BCUT2D eigenvalue weighted by atomic mass is 79.9. The predicted molar refractivity (Wildman–Crippen MR) is 127 cm³/mol. The van der Waals surface area contributed by atoms with Crippen LogP contribution >= 0.6 is 27.5 Å². The third-order valence-electron chi connectivity index (χ3n) is 4.99. The maximum atomic E-state index is 12.7. The van der Waals surface area contributed by atoms with Crippen molar-refractivity contribution in [3.05, 3.63) is 109 Å². The molecule has 0 saturated heterocycles. The van der Waals surface area contributed by atoms with Gasteiger partial charge in [0.1, 0.15) is 23.5 Å². The number of fused-ring (bicyclic) bond motifs is 2. The lowest BCUT2D eigenvalue weighted by Crippen LogP contribution is -2.06. The summed E-state index contributed by atoms with van der Waals surface area (Å²) >= 11 is 9.43. The highest BCUT2D eigenvalue weighted by Gasteiger charge is 2.14. The Morgan fingerprint density at radius 3 is 2.56 bits per heavy atom. The standard InChI is InChI=1S/C25H14BrClO5/c26-16-4-7-22-15(9-16)10-21(25(29)32-22)20-12-24(28)31-23-11-18(5-6-19(20)23)30-13-14-2-1-3-17(27)8-14/h1-12H,13H2. The molecule has 2 aromatic heterocycles. The summed E-state index contributed by atoms with van der Waals surface area (Å²) in [6.45, 7) is 0.305. The number of benzene rings is 3. The van der Waals surface area contributed by atoms with Crippen molar-refractivity contribution in [2.45, 2.75) is 6.61 Å². The molecule has 0 aliphatic rings. The van der Waals surface area contributed by atoms with E-state index in [0.29, 0.717) is 39.5 Å². The van der Waals surface area contributed by atoms with Gasteiger partial charge in [-0.3, -0.25) is 0 Å². The molecule has 0 aliphatic heterocycles. The summed E-state index contributed by atoms with van der Waals surface area (Å²) in [7, 11) is 0. The molecule has 0 N–H and O–H groups in total. The minimum atomic E-state index is -0.576. The number of halogens is 2. The Balaban J connectivity index is 1.57. The van der Waals surface area contributed by atoms with Crippen LogP contribution in [0.3, 0.4) is 0 Å². The van der Waals surface area contributed by atoms with Crippen molar-refractivity contribution in [1.82, 2.24) is 0 Å². The largest absolute Gasteiger partial charge is 0.489 e. The molecular weight excluding hydrogens is 496 g/mol. The fourth-order valence-electron chi connectivity index (χ4n) is 3.53. The molecule has 32 heavy (non-hydrogen) atoms. The van der Waals surface area contributed by atoms with Gasteiger partial charge in [0.15, 0.2) is 0 Å². The quantitative estimate of drug-likeness (QED) is 0.257. The lowest BCUT2D eigenvalue weighted by Gasteiger charge is -2.09. The maximum Gasteiger partial charge on any atom is 0.344 e. The zero-order valence-corrected chi connectivity index (χ0v) is 18.8. The van der Waals surface area contributed by atoms with Gasteiger partial charge in [0.25, 0.3) is 0 Å². The molecule has 0 radical (unpaired) electrons. The van der Waals surface area contributed by atoms with Crippen LogP contribution in [-0.4, -0.2) is 0 Å². The van der Waals surface area contributed by atoms with Crippen LogP contribution in [-0.2, 0) is 6.61 Å². The smallest absolute Gasteiger partial charge is 0.344 e. The number of hydrogen-bond donors (Lipinski definition) is 0. The Kier molecular flexibility index (Phi) is 5.33. The molecule has 0 unspecified atom stereocenters. The van der Waals surface area contributed by atoms with Gasteiger partial charge in [-0.25, -0.2) is 9.59 Å². The SMILES string of the molecule is O=c1cc(-c2cc3cc(Br)ccc3oc2=O)c2ccc(OCc3cccc(Cl)c3)cc2o1. The van der Waals surface area contributed by atoms with E-state index in [1.54, 1.807) is 42.5 Å². The molecule has 5 nitrogen and oxygen atoms in total. The lowest BCUT2D eigenvalue weighted by atomic mass is 10.0. The van der Waals surface area contributed by atoms with Crippen molar-refractivity contribution >= 4 is 49.5 Å². The molecule has 7 heteroatoms. The predicted octanol–water partition coefficient (Wildman–Crippen LogP) is 6.56. The fourth-order valence-corrected chi connectivity index (χ4v) is 4.12. The van der Waals surface area contributed by atoms with Crippen molar-refractivity contribution in [2.24, 2.45) is 0 Å². The van der Waals surface area contributed by atoms with Gasteiger partial charge in [-0.1, -0.05) is 39.7 Å². The van der Waals surface area contributed by atoms with Crippen molar-refractivity contribution in [2.75, 3.05) is 0 Å². The molecule has 0 atom stereocenters. The van der Waals surface area contributed by atoms with E-state index in [-0.39, 0.29) is 5.56 Å². The maximum absolute atomic E-state index is 12.7. The number of hydrogen-bond acceptors (Lipinski definition) is 5. The summed E-state index contributed by atoms with van der Waals surface area (Å²) in [6.07, 6.45) is 0. The van der Waals surface area contributed by atoms with Gasteiger partial charge in [-0.15, -0.1) is 0 Å². The summed E-state index contributed by atoms with van der Waals surface area (Å²) in [5.41, 5.74) is 1.29. The molecule has 5 rings (SSSR count). The van der Waals surface area contributed by atoms with Gasteiger partial charge in [0, 0.05) is 38.0 Å². The summed E-state index contributed by atoms with van der Waals surface area (Å²) in [5.74, 6) is 0.521. The van der Waals surface area contributed by atoms with Crippen LogP contribution < -0.4 is 16.0 Å². The molecular formula is C25H14BrClO5. The second kappa shape index (κ2) is 8.30. The minimum Gasteiger partial charge on any atom is -0.489 e. The molecule has 2 heterocycles. The fraction of sp³-hybridized carbons (Fsp3) is 0.0400. The molecule has 0 fully saturated rings. The highest BCUT2D eigenvalue weighted by Crippen LogP contribution is 2.30. The van der Waals surface area contributed by atoms with Crippen molar-refractivity contribution in [3.63, 3.8) is 0 Å². The van der Waals surface area contributed by atoms with Crippen LogP contribution in [0.1, 0.15) is 5.56 Å². The van der Waals surface area contributed by atoms with Gasteiger partial charge in [-0.05, 0) is 54.1 Å². The minimum absolute atomic E-state index is 0.279. The van der Waals surface area contributed by atoms with E-state index < -0.39 is 11.3 Å². The number of ether oxygens (including phenoxy) is 1. The van der Waals surface area contributed by atoms with Crippen LogP contribution in [0.4, 0.5) is 0 Å². The van der Waals surface area contributed by atoms with Gasteiger partial charge in [0.05, 0.1) is 5.56 Å². The monoisotopic (exact) mass is 508 g/mol. The van der Waals surface area contributed by atoms with E-state index >= 15 is 0 Å². The normalized spacial score (nSPS) is 11.2. The van der Waals surface area contributed by atoms with Crippen LogP contribution in [0.2, 0.25) is 5.02 Å². The van der Waals surface area contributed by atoms with E-state index in [0.717, 1.165) is 15.4 Å². The second-order valence-electron chi connectivity index (χ2n) is 7.19. The Bertz CT molecular complexity index is 1600. The first kappa shape index (κ1) is 20.5. The van der Waals surface area contributed by atoms with Crippen molar-refractivity contribution in [1.29, 1.82) is 0 Å². The summed E-state index contributed by atoms with van der Waals surface area (Å²) in [5, 5.41) is 1.96. The van der Waals surface area contributed by atoms with Gasteiger partial charge in [0.2, 0.25) is 0 Å². The third kappa shape index (κ3) is 4.07. The van der Waals surface area contributed by atoms with E-state index in [1.807, 2.05) is 24.3 Å². The van der Waals surface area contributed by atoms with E-state index in [9.17, 15) is 9.59 Å². The van der Waals surface area contributed by atoms with E-state index in [4.69, 9.17) is 25.2 Å². The van der Waals surface area contributed by atoms with E-state index in [2.05, 4.69) is 15.9 Å². The lowest BCUT2D eigenvalue weighted by molar-refractivity contribution is 0.306. The van der Waals surface area contributed by atoms with Crippen LogP contribution in [0, 0.1) is 0 Å². The molecule has 5 aromatic rings. The molecule has 0 saturated carbocycles. The summed E-state index contributed by atoms with van der Waals surface area (Å²) < 4.78 is 17.5. The first-order valence-corrected chi connectivity index (χ1v) is 10.8. The Labute approximate surface area is 194 Å². The molecule has 3 aromatic carbocycles. The van der Waals surface area contributed by atoms with Gasteiger partial charge in [-0.2, -0.15) is 0 Å². The topological polar surface area (TPSA) is 69.7 Å². The molecule has 0 spiro atoms. The van der Waals surface area contributed by atoms with Crippen molar-refractivity contribution < 1.29 is 13.6 Å². The first-order chi connectivity index (χ1) is 15.5. The molecule has 0 amide bonds. The zero-order chi connectivity index (χ0) is 22.2. The van der Waals surface area contributed by atoms with Crippen molar-refractivity contribution in [3.8, 4) is 16.9 Å². The number of rotatable bonds is 4. The van der Waals surface area contributed by atoms with Gasteiger partial charge < -0.3 is 13.6 Å². The highest BCUT2D eigenvalue weighted by molar-refractivity contribution is 9.10. The Morgan fingerprint density at radius 2 is 1.72 bits per heavy atom. The van der Waals surface area contributed by atoms with Gasteiger partial charge >= 0.3 is 11.3 Å². The van der Waals surface area contributed by atoms with Crippen LogP contribution in [0.5, 0.6) is 5.75 Å². The summed E-state index contributed by atoms with van der Waals surface area (Å²) in [4.78, 5) is 25.0. The Hall–Kier alpha value is -3.35. The summed E-state index contributed by atoms with van der Waals surface area (Å²) in [6, 6.07) is 20.9. The molecule has 0 aliphatic carbocycles.